The molecule has 1 rings (SSSR count). The Morgan fingerprint density at radius 1 is 1.06 bits per heavy atom. The molecule has 16 heavy (non-hydrogen) atoms. The van der Waals surface area contributed by atoms with Gasteiger partial charge in [0.25, 0.3) is 0 Å². The number of hydrogen-bond donors (Lipinski definition) is 1. The lowest BCUT2D eigenvalue weighted by Crippen LogP contribution is -2.29. The molecule has 90 valence electrons. The Morgan fingerprint density at radius 3 is 2.00 bits per heavy atom. The van der Waals surface area contributed by atoms with Crippen molar-refractivity contribution in [1.82, 2.24) is 4.90 Å². The maximum absolute atomic E-state index is 13.5. The highest BCUT2D eigenvalue weighted by Crippen LogP contribution is 2.24. The lowest BCUT2D eigenvalue weighted by atomic mass is 10.2. The largest absolute Gasteiger partial charge is 0.399 e. The predicted molar refractivity (Wildman–Crippen MR) is 62.6 cm³/mol. The van der Waals surface area contributed by atoms with Gasteiger partial charge in [0.05, 0.1) is 0 Å². The first-order valence-electron chi connectivity index (χ1n) is 5.02. The van der Waals surface area contributed by atoms with E-state index in [1.54, 1.807) is 11.9 Å². The molecular weight excluding hydrogens is 212 g/mol. The molecule has 0 aromatic heterocycles. The van der Waals surface area contributed by atoms with Crippen molar-refractivity contribution in [3.8, 4) is 0 Å². The summed E-state index contributed by atoms with van der Waals surface area (Å²) < 4.78 is 27.0. The molecule has 1 aromatic rings. The van der Waals surface area contributed by atoms with E-state index in [9.17, 15) is 8.78 Å². The fraction of sp³-hybridized carbons (Fsp3) is 0.455. The van der Waals surface area contributed by atoms with Crippen LogP contribution >= 0.6 is 0 Å². The summed E-state index contributed by atoms with van der Waals surface area (Å²) in [6.45, 7) is 1.27. The Bertz CT molecular complexity index is 343. The van der Waals surface area contributed by atoms with Crippen molar-refractivity contribution in [3.05, 3.63) is 23.8 Å². The number of likely N-dealkylation sites (N-methyl/N-ethyl adjacent to an activating group) is 2. The molecular formula is C11H17F2N3. The third-order valence-corrected chi connectivity index (χ3v) is 2.30. The second-order valence-electron chi connectivity index (χ2n) is 4.06. The van der Waals surface area contributed by atoms with Gasteiger partial charge < -0.3 is 15.5 Å². The van der Waals surface area contributed by atoms with Gasteiger partial charge in [-0.3, -0.25) is 0 Å². The molecule has 0 fully saturated rings. The second-order valence-corrected chi connectivity index (χ2v) is 4.06. The monoisotopic (exact) mass is 229 g/mol. The zero-order chi connectivity index (χ0) is 12.3. The van der Waals surface area contributed by atoms with Gasteiger partial charge in [-0.15, -0.1) is 0 Å². The van der Waals surface area contributed by atoms with Crippen LogP contribution in [0.1, 0.15) is 0 Å². The fourth-order valence-corrected chi connectivity index (χ4v) is 1.41. The summed E-state index contributed by atoms with van der Waals surface area (Å²) in [6.07, 6.45) is 0. The van der Waals surface area contributed by atoms with Crippen LogP contribution in [0, 0.1) is 11.6 Å². The maximum atomic E-state index is 13.5. The van der Waals surface area contributed by atoms with E-state index in [0.717, 1.165) is 18.7 Å². The lowest BCUT2D eigenvalue weighted by Gasteiger charge is -2.22. The number of nitrogen functional groups attached to an aromatic ring is 1. The molecule has 1 aromatic carbocycles. The number of halogens is 2. The van der Waals surface area contributed by atoms with E-state index in [1.165, 1.54) is 0 Å². The van der Waals surface area contributed by atoms with Gasteiger partial charge in [-0.25, -0.2) is 8.78 Å². The van der Waals surface area contributed by atoms with E-state index >= 15 is 0 Å². The number of rotatable bonds is 4. The molecule has 0 aliphatic rings. The third-order valence-electron chi connectivity index (χ3n) is 2.30. The summed E-state index contributed by atoms with van der Waals surface area (Å²) in [5.41, 5.74) is 5.41. The van der Waals surface area contributed by atoms with Crippen LogP contribution in [0.2, 0.25) is 0 Å². The Kier molecular flexibility index (Phi) is 4.06. The van der Waals surface area contributed by atoms with Crippen LogP contribution in [0.3, 0.4) is 0 Å². The number of anilines is 2. The number of hydrogen-bond acceptors (Lipinski definition) is 3. The van der Waals surface area contributed by atoms with Gasteiger partial charge in [0, 0.05) is 25.8 Å². The smallest absolute Gasteiger partial charge is 0.151 e. The van der Waals surface area contributed by atoms with Crippen molar-refractivity contribution in [2.75, 3.05) is 44.9 Å². The van der Waals surface area contributed by atoms with Crippen molar-refractivity contribution in [1.29, 1.82) is 0 Å². The molecule has 3 nitrogen and oxygen atoms in total. The van der Waals surface area contributed by atoms with Crippen LogP contribution in [0.15, 0.2) is 12.1 Å². The van der Waals surface area contributed by atoms with E-state index in [0.29, 0.717) is 6.54 Å². The Hall–Kier alpha value is -1.36. The van der Waals surface area contributed by atoms with Crippen LogP contribution in [0.5, 0.6) is 0 Å². The SMILES string of the molecule is CN(C)CCN(C)c1c(F)cc(N)cc1F. The van der Waals surface area contributed by atoms with Crippen LogP contribution < -0.4 is 10.6 Å². The van der Waals surface area contributed by atoms with Crippen molar-refractivity contribution in [3.63, 3.8) is 0 Å². The summed E-state index contributed by atoms with van der Waals surface area (Å²) in [6, 6.07) is 2.26. The standard InChI is InChI=1S/C11H17F2N3/c1-15(2)4-5-16(3)11-9(12)6-8(14)7-10(11)13/h6-7H,4-5,14H2,1-3H3. The van der Waals surface area contributed by atoms with Crippen LogP contribution in [0.25, 0.3) is 0 Å². The lowest BCUT2D eigenvalue weighted by molar-refractivity contribution is 0.414. The van der Waals surface area contributed by atoms with E-state index in [1.807, 2.05) is 19.0 Å². The molecule has 0 bridgehead atoms. The summed E-state index contributed by atoms with van der Waals surface area (Å²) in [5, 5.41) is 0. The number of nitrogens with two attached hydrogens (primary N) is 1. The van der Waals surface area contributed by atoms with E-state index in [2.05, 4.69) is 0 Å². The molecule has 0 radical (unpaired) electrons. The Morgan fingerprint density at radius 2 is 1.56 bits per heavy atom. The maximum Gasteiger partial charge on any atom is 0.151 e. The minimum Gasteiger partial charge on any atom is -0.399 e. The second kappa shape index (κ2) is 5.12. The molecule has 0 heterocycles. The summed E-state index contributed by atoms with van der Waals surface area (Å²) in [4.78, 5) is 3.49. The highest BCUT2D eigenvalue weighted by Gasteiger charge is 2.14. The van der Waals surface area contributed by atoms with Gasteiger partial charge in [0.2, 0.25) is 0 Å². The van der Waals surface area contributed by atoms with Gasteiger partial charge in [0.15, 0.2) is 11.6 Å². The van der Waals surface area contributed by atoms with E-state index in [4.69, 9.17) is 5.73 Å². The molecule has 0 spiro atoms. The summed E-state index contributed by atoms with van der Waals surface area (Å²) in [5.74, 6) is -1.25. The van der Waals surface area contributed by atoms with Gasteiger partial charge in [-0.05, 0) is 26.2 Å². The zero-order valence-corrected chi connectivity index (χ0v) is 9.80. The minimum atomic E-state index is -0.626. The number of benzene rings is 1. The molecule has 0 saturated carbocycles. The highest BCUT2D eigenvalue weighted by molar-refractivity contribution is 5.55. The summed E-state index contributed by atoms with van der Waals surface area (Å²) >= 11 is 0. The highest BCUT2D eigenvalue weighted by atomic mass is 19.1. The number of nitrogens with zero attached hydrogens (tertiary/aromatic N) is 2. The van der Waals surface area contributed by atoms with Crippen LogP contribution in [0.4, 0.5) is 20.2 Å². The average molecular weight is 229 g/mol. The van der Waals surface area contributed by atoms with Gasteiger partial charge in [0.1, 0.15) is 5.69 Å². The topological polar surface area (TPSA) is 32.5 Å². The van der Waals surface area contributed by atoms with Crippen molar-refractivity contribution >= 4 is 11.4 Å². The molecule has 2 N–H and O–H groups in total. The molecule has 0 aliphatic heterocycles. The predicted octanol–water partition coefficient (Wildman–Crippen LogP) is 1.54. The average Bonchev–Trinajstić information content (AvgIpc) is 2.12. The third kappa shape index (κ3) is 3.06. The molecule has 0 saturated heterocycles. The normalized spacial score (nSPS) is 10.9. The van der Waals surface area contributed by atoms with Gasteiger partial charge in [-0.2, -0.15) is 0 Å². The quantitative estimate of drug-likeness (QED) is 0.795. The Labute approximate surface area is 94.4 Å². The van der Waals surface area contributed by atoms with E-state index in [-0.39, 0.29) is 11.4 Å². The molecule has 0 amide bonds. The van der Waals surface area contributed by atoms with Crippen molar-refractivity contribution in [2.24, 2.45) is 0 Å². The first kappa shape index (κ1) is 12.7. The van der Waals surface area contributed by atoms with Crippen molar-refractivity contribution < 1.29 is 8.78 Å². The summed E-state index contributed by atoms with van der Waals surface area (Å²) in [7, 11) is 5.47. The first-order valence-corrected chi connectivity index (χ1v) is 5.02. The molecule has 0 aliphatic carbocycles. The van der Waals surface area contributed by atoms with Crippen LogP contribution in [-0.2, 0) is 0 Å². The van der Waals surface area contributed by atoms with Crippen LogP contribution in [-0.4, -0.2) is 39.1 Å². The Balaban J connectivity index is 2.86. The minimum absolute atomic E-state index is 0.0314. The fourth-order valence-electron chi connectivity index (χ4n) is 1.41. The van der Waals surface area contributed by atoms with E-state index < -0.39 is 11.6 Å². The zero-order valence-electron chi connectivity index (χ0n) is 9.80. The van der Waals surface area contributed by atoms with Gasteiger partial charge in [-0.1, -0.05) is 0 Å². The van der Waals surface area contributed by atoms with Gasteiger partial charge >= 0.3 is 0 Å². The van der Waals surface area contributed by atoms with Crippen molar-refractivity contribution in [2.45, 2.75) is 0 Å². The first-order chi connectivity index (χ1) is 7.41. The molecule has 5 heteroatoms. The molecule has 0 atom stereocenters. The molecule has 0 unspecified atom stereocenters.